The zero-order valence-corrected chi connectivity index (χ0v) is 9.54. The minimum Gasteiger partial charge on any atom is -0.432 e. The van der Waals surface area contributed by atoms with Crippen LogP contribution in [0.15, 0.2) is 12.1 Å². The largest absolute Gasteiger partial charge is 0.432 e. The van der Waals surface area contributed by atoms with Crippen molar-refractivity contribution in [2.45, 2.75) is 26.1 Å². The topological polar surface area (TPSA) is 36.4 Å². The Balaban J connectivity index is 2.42. The number of aromatic nitrogens is 1. The van der Waals surface area contributed by atoms with Gasteiger partial charge < -0.3 is 9.83 Å². The van der Waals surface area contributed by atoms with Crippen molar-refractivity contribution in [3.05, 3.63) is 22.8 Å². The highest BCUT2D eigenvalue weighted by molar-refractivity contribution is 6.53. The van der Waals surface area contributed by atoms with Crippen LogP contribution in [0.1, 0.15) is 18.4 Å². The summed E-state index contributed by atoms with van der Waals surface area (Å²) >= 11 is 5.88. The summed E-state index contributed by atoms with van der Waals surface area (Å²) in [6.45, 7) is 2.61. The summed E-state index contributed by atoms with van der Waals surface area (Å²) in [5.41, 5.74) is 1.18. The molecule has 1 aliphatic heterocycles. The molecule has 2 heterocycles. The number of rotatable bonds is 1. The van der Waals surface area contributed by atoms with Crippen LogP contribution in [0.2, 0.25) is 12.0 Å². The molecule has 0 amide bonds. The van der Waals surface area contributed by atoms with E-state index in [4.69, 9.17) is 11.6 Å². The zero-order valence-electron chi connectivity index (χ0n) is 8.78. The van der Waals surface area contributed by atoms with Crippen molar-refractivity contribution in [3.8, 4) is 0 Å². The number of anilines is 1. The first-order chi connectivity index (χ1) is 7.18. The third kappa shape index (κ3) is 2.26. The van der Waals surface area contributed by atoms with E-state index in [1.165, 1.54) is 5.56 Å². The molecule has 1 aromatic rings. The van der Waals surface area contributed by atoms with E-state index in [1.807, 2.05) is 16.9 Å². The molecule has 15 heavy (non-hydrogen) atoms. The van der Waals surface area contributed by atoms with Gasteiger partial charge in [-0.2, -0.15) is 0 Å². The van der Waals surface area contributed by atoms with Gasteiger partial charge in [0.25, 0.3) is 0 Å². The standard InChI is InChI=1S/C10H14BClN2O/c1-11(15)14-7-3-2-4-8-5-6-9(12)13-10(8)14/h5-6,15H,2-4,7H2,1H3. The molecule has 0 aromatic carbocycles. The molecule has 0 fully saturated rings. The summed E-state index contributed by atoms with van der Waals surface area (Å²) < 4.78 is 0. The lowest BCUT2D eigenvalue weighted by atomic mass is 9.84. The van der Waals surface area contributed by atoms with E-state index in [1.54, 1.807) is 6.82 Å². The Labute approximate surface area is 95.2 Å². The highest BCUT2D eigenvalue weighted by Gasteiger charge is 2.23. The van der Waals surface area contributed by atoms with Crippen LogP contribution < -0.4 is 4.81 Å². The Morgan fingerprint density at radius 3 is 3.00 bits per heavy atom. The van der Waals surface area contributed by atoms with E-state index >= 15 is 0 Å². The summed E-state index contributed by atoms with van der Waals surface area (Å²) in [6, 6.07) is 3.82. The SMILES string of the molecule is CB(O)N1CCCCc2ccc(Cl)nc21. The fraction of sp³-hybridized carbons (Fsp3) is 0.500. The molecule has 3 nitrogen and oxygen atoms in total. The van der Waals surface area contributed by atoms with Crippen molar-refractivity contribution in [1.82, 2.24) is 4.98 Å². The number of hydrogen-bond donors (Lipinski definition) is 1. The zero-order chi connectivity index (χ0) is 10.8. The van der Waals surface area contributed by atoms with Gasteiger partial charge in [0.1, 0.15) is 11.0 Å². The minimum atomic E-state index is -0.507. The minimum absolute atomic E-state index is 0.487. The van der Waals surface area contributed by atoms with Crippen LogP contribution in [0, 0.1) is 0 Å². The maximum absolute atomic E-state index is 9.68. The first-order valence-electron chi connectivity index (χ1n) is 5.28. The summed E-state index contributed by atoms with van der Waals surface area (Å²) in [6.07, 6.45) is 3.24. The average Bonchev–Trinajstić information content (AvgIpc) is 2.39. The lowest BCUT2D eigenvalue weighted by Crippen LogP contribution is -2.38. The fourth-order valence-corrected chi connectivity index (χ4v) is 2.11. The third-order valence-electron chi connectivity index (χ3n) is 2.74. The normalized spacial score (nSPS) is 15.8. The molecule has 0 atom stereocenters. The predicted molar refractivity (Wildman–Crippen MR) is 63.4 cm³/mol. The predicted octanol–water partition coefficient (Wildman–Crippen LogP) is 1.99. The molecule has 0 saturated heterocycles. The molecule has 0 aliphatic carbocycles. The van der Waals surface area contributed by atoms with Gasteiger partial charge in [-0.15, -0.1) is 0 Å². The highest BCUT2D eigenvalue weighted by atomic mass is 35.5. The van der Waals surface area contributed by atoms with Crippen LogP contribution in [-0.2, 0) is 6.42 Å². The highest BCUT2D eigenvalue weighted by Crippen LogP contribution is 2.26. The molecule has 1 N–H and O–H groups in total. The van der Waals surface area contributed by atoms with Gasteiger partial charge in [-0.25, -0.2) is 4.98 Å². The fourth-order valence-electron chi connectivity index (χ4n) is 1.97. The van der Waals surface area contributed by atoms with Crippen molar-refractivity contribution in [2.24, 2.45) is 0 Å². The van der Waals surface area contributed by atoms with Crippen LogP contribution >= 0.6 is 11.6 Å². The Hall–Kier alpha value is -0.735. The van der Waals surface area contributed by atoms with Gasteiger partial charge in [0, 0.05) is 6.54 Å². The maximum Gasteiger partial charge on any atom is 0.410 e. The number of pyridine rings is 1. The number of hydrogen-bond acceptors (Lipinski definition) is 3. The van der Waals surface area contributed by atoms with Gasteiger partial charge in [0.05, 0.1) is 0 Å². The first kappa shape index (κ1) is 10.8. The van der Waals surface area contributed by atoms with Crippen molar-refractivity contribution >= 4 is 24.5 Å². The van der Waals surface area contributed by atoms with Crippen molar-refractivity contribution in [2.75, 3.05) is 11.4 Å². The summed E-state index contributed by atoms with van der Waals surface area (Å²) in [5, 5.41) is 10.2. The lowest BCUT2D eigenvalue weighted by molar-refractivity contribution is 0.567. The van der Waals surface area contributed by atoms with Gasteiger partial charge in [-0.05, 0) is 37.7 Å². The maximum atomic E-state index is 9.68. The second-order valence-electron chi connectivity index (χ2n) is 3.90. The van der Waals surface area contributed by atoms with Crippen molar-refractivity contribution < 1.29 is 5.02 Å². The van der Waals surface area contributed by atoms with E-state index in [0.29, 0.717) is 5.15 Å². The monoisotopic (exact) mass is 224 g/mol. The molecule has 2 rings (SSSR count). The Morgan fingerprint density at radius 2 is 2.27 bits per heavy atom. The van der Waals surface area contributed by atoms with Crippen molar-refractivity contribution in [1.29, 1.82) is 0 Å². The van der Waals surface area contributed by atoms with Gasteiger partial charge in [0.15, 0.2) is 0 Å². The molecular weight excluding hydrogens is 210 g/mol. The van der Waals surface area contributed by atoms with Crippen LogP contribution in [0.5, 0.6) is 0 Å². The lowest BCUT2D eigenvalue weighted by Gasteiger charge is -2.24. The molecular formula is C10H14BClN2O. The van der Waals surface area contributed by atoms with Crippen LogP contribution in [0.4, 0.5) is 5.82 Å². The number of fused-ring (bicyclic) bond motifs is 1. The number of halogens is 1. The average molecular weight is 225 g/mol. The van der Waals surface area contributed by atoms with E-state index in [-0.39, 0.29) is 0 Å². The molecule has 0 saturated carbocycles. The van der Waals surface area contributed by atoms with Crippen LogP contribution in [-0.4, -0.2) is 23.6 Å². The van der Waals surface area contributed by atoms with Crippen LogP contribution in [0.3, 0.4) is 0 Å². The molecule has 80 valence electrons. The quantitative estimate of drug-likeness (QED) is 0.585. The molecule has 1 aliphatic rings. The van der Waals surface area contributed by atoms with E-state index in [0.717, 1.165) is 31.6 Å². The molecule has 0 radical (unpaired) electrons. The first-order valence-corrected chi connectivity index (χ1v) is 5.66. The number of aryl methyl sites for hydroxylation is 1. The summed E-state index contributed by atoms with van der Waals surface area (Å²) in [5.74, 6) is 0.843. The van der Waals surface area contributed by atoms with Gasteiger partial charge in [0.2, 0.25) is 0 Å². The van der Waals surface area contributed by atoms with Crippen molar-refractivity contribution in [3.63, 3.8) is 0 Å². The van der Waals surface area contributed by atoms with Gasteiger partial charge in [-0.3, -0.25) is 0 Å². The van der Waals surface area contributed by atoms with Gasteiger partial charge in [-0.1, -0.05) is 17.7 Å². The third-order valence-corrected chi connectivity index (χ3v) is 2.95. The summed E-state index contributed by atoms with van der Waals surface area (Å²) in [4.78, 5) is 6.22. The van der Waals surface area contributed by atoms with Gasteiger partial charge >= 0.3 is 7.05 Å². The second kappa shape index (κ2) is 4.41. The van der Waals surface area contributed by atoms with E-state index < -0.39 is 7.05 Å². The smallest absolute Gasteiger partial charge is 0.410 e. The Kier molecular flexibility index (Phi) is 3.17. The Morgan fingerprint density at radius 1 is 1.47 bits per heavy atom. The molecule has 0 spiro atoms. The van der Waals surface area contributed by atoms with E-state index in [2.05, 4.69) is 4.98 Å². The molecule has 0 bridgehead atoms. The second-order valence-corrected chi connectivity index (χ2v) is 4.29. The Bertz CT molecular complexity index is 359. The number of nitrogens with zero attached hydrogens (tertiary/aromatic N) is 2. The molecule has 1 aromatic heterocycles. The van der Waals surface area contributed by atoms with E-state index in [9.17, 15) is 5.02 Å². The summed E-state index contributed by atoms with van der Waals surface area (Å²) in [7, 11) is -0.507. The van der Waals surface area contributed by atoms with Crippen LogP contribution in [0.25, 0.3) is 0 Å². The molecule has 5 heteroatoms. The molecule has 0 unspecified atom stereocenters.